The van der Waals surface area contributed by atoms with Gasteiger partial charge in [-0.25, -0.2) is 0 Å². The number of para-hydroxylation sites is 1. The van der Waals surface area contributed by atoms with Crippen LogP contribution in [0.4, 0.5) is 11.4 Å². The van der Waals surface area contributed by atoms with Crippen LogP contribution in [0.15, 0.2) is 52.3 Å². The lowest BCUT2D eigenvalue weighted by atomic mass is 10.2. The van der Waals surface area contributed by atoms with Gasteiger partial charge in [-0.2, -0.15) is 0 Å². The van der Waals surface area contributed by atoms with Crippen LogP contribution in [-0.4, -0.2) is 0 Å². The molecule has 0 saturated heterocycles. The van der Waals surface area contributed by atoms with Gasteiger partial charge in [0.2, 0.25) is 0 Å². The van der Waals surface area contributed by atoms with E-state index in [-0.39, 0.29) is 0 Å². The summed E-state index contributed by atoms with van der Waals surface area (Å²) in [6.07, 6.45) is 0. The third kappa shape index (κ3) is 1.68. The molecule has 16 heavy (non-hydrogen) atoms. The van der Waals surface area contributed by atoms with E-state index in [1.807, 2.05) is 6.07 Å². The van der Waals surface area contributed by atoms with Crippen LogP contribution >= 0.6 is 23.4 Å². The van der Waals surface area contributed by atoms with Crippen LogP contribution in [0.5, 0.6) is 0 Å². The van der Waals surface area contributed by atoms with Gasteiger partial charge in [-0.05, 0) is 29.8 Å². The zero-order valence-electron chi connectivity index (χ0n) is 8.53. The summed E-state index contributed by atoms with van der Waals surface area (Å²) in [5.74, 6) is 0.557. The van der Waals surface area contributed by atoms with E-state index in [1.165, 1.54) is 15.5 Å². The summed E-state index contributed by atoms with van der Waals surface area (Å²) in [7, 11) is 0. The maximum Gasteiger partial charge on any atom is 0.0529 e. The molecule has 1 nitrogen and oxygen atoms in total. The van der Waals surface area contributed by atoms with Crippen LogP contribution < -0.4 is 5.32 Å². The Morgan fingerprint density at radius 1 is 1.00 bits per heavy atom. The molecule has 2 aromatic carbocycles. The Labute approximate surface area is 104 Å². The number of halogens is 1. The zero-order chi connectivity index (χ0) is 11.0. The molecule has 3 rings (SSSR count). The molecule has 0 amide bonds. The summed E-state index contributed by atoms with van der Waals surface area (Å²) in [5.41, 5.74) is 3.47. The molecule has 1 N–H and O–H groups in total. The number of hydrogen-bond donors (Lipinski definition) is 1. The molecule has 3 heteroatoms. The van der Waals surface area contributed by atoms with E-state index in [4.69, 9.17) is 11.6 Å². The van der Waals surface area contributed by atoms with Gasteiger partial charge in [-0.1, -0.05) is 30.0 Å². The third-order valence-electron chi connectivity index (χ3n) is 2.57. The van der Waals surface area contributed by atoms with Crippen LogP contribution in [0.1, 0.15) is 5.56 Å². The summed E-state index contributed by atoms with van der Waals surface area (Å²) in [6.45, 7) is 0. The van der Waals surface area contributed by atoms with E-state index in [1.54, 1.807) is 11.8 Å². The van der Waals surface area contributed by atoms with Crippen LogP contribution in [0.25, 0.3) is 0 Å². The van der Waals surface area contributed by atoms with E-state index >= 15 is 0 Å². The molecule has 0 radical (unpaired) electrons. The fourth-order valence-electron chi connectivity index (χ4n) is 1.77. The molecule has 80 valence electrons. The standard InChI is InChI=1S/C13H10ClNS/c14-8-9-5-6-13-11(7-9)15-10-3-1-2-4-12(10)16-13/h1-7,15H,8H2. The van der Waals surface area contributed by atoms with Crippen LogP contribution in [-0.2, 0) is 5.88 Å². The number of fused-ring (bicyclic) bond motifs is 2. The highest BCUT2D eigenvalue weighted by Gasteiger charge is 2.14. The molecule has 0 aliphatic carbocycles. The first kappa shape index (κ1) is 10.1. The van der Waals surface area contributed by atoms with Crippen LogP contribution in [0, 0.1) is 0 Å². The second-order valence-corrected chi connectivity index (χ2v) is 5.04. The van der Waals surface area contributed by atoms with Gasteiger partial charge in [0.1, 0.15) is 0 Å². The molecule has 1 aliphatic rings. The number of anilines is 2. The fraction of sp³-hybridized carbons (Fsp3) is 0.0769. The smallest absolute Gasteiger partial charge is 0.0529 e. The Balaban J connectivity index is 2.05. The predicted molar refractivity (Wildman–Crippen MR) is 69.8 cm³/mol. The van der Waals surface area contributed by atoms with E-state index in [9.17, 15) is 0 Å². The van der Waals surface area contributed by atoms with Crippen molar-refractivity contribution in [2.24, 2.45) is 0 Å². The van der Waals surface area contributed by atoms with Crippen molar-refractivity contribution in [2.45, 2.75) is 15.7 Å². The largest absolute Gasteiger partial charge is 0.354 e. The highest BCUT2D eigenvalue weighted by atomic mass is 35.5. The Bertz CT molecular complexity index is 539. The maximum absolute atomic E-state index is 5.84. The highest BCUT2D eigenvalue weighted by Crippen LogP contribution is 2.44. The summed E-state index contributed by atoms with van der Waals surface area (Å²) in [6, 6.07) is 14.7. The van der Waals surface area contributed by atoms with E-state index in [2.05, 4.69) is 41.7 Å². The lowest BCUT2D eigenvalue weighted by Crippen LogP contribution is -1.99. The summed E-state index contributed by atoms with van der Waals surface area (Å²) in [5, 5.41) is 3.44. The number of benzene rings is 2. The van der Waals surface area contributed by atoms with Crippen molar-refractivity contribution in [3.8, 4) is 0 Å². The first-order chi connectivity index (χ1) is 7.86. The lowest BCUT2D eigenvalue weighted by Gasteiger charge is -2.20. The second kappa shape index (κ2) is 4.04. The molecule has 0 atom stereocenters. The minimum absolute atomic E-state index is 0.557. The van der Waals surface area contributed by atoms with Gasteiger partial charge in [0, 0.05) is 15.7 Å². The average Bonchev–Trinajstić information content (AvgIpc) is 2.35. The monoisotopic (exact) mass is 247 g/mol. The molecule has 0 spiro atoms. The van der Waals surface area contributed by atoms with E-state index < -0.39 is 0 Å². The molecular formula is C13H10ClNS. The quantitative estimate of drug-likeness (QED) is 0.629. The third-order valence-corrected chi connectivity index (χ3v) is 4.04. The molecule has 0 unspecified atom stereocenters. The number of nitrogens with one attached hydrogen (secondary N) is 1. The Morgan fingerprint density at radius 3 is 2.69 bits per heavy atom. The van der Waals surface area contributed by atoms with Crippen molar-refractivity contribution in [1.82, 2.24) is 0 Å². The Kier molecular flexibility index (Phi) is 2.54. The number of hydrogen-bond acceptors (Lipinski definition) is 2. The first-order valence-corrected chi connectivity index (χ1v) is 6.45. The van der Waals surface area contributed by atoms with Gasteiger partial charge in [-0.3, -0.25) is 0 Å². The van der Waals surface area contributed by atoms with Gasteiger partial charge in [-0.15, -0.1) is 11.6 Å². The average molecular weight is 248 g/mol. The molecule has 0 bridgehead atoms. The highest BCUT2D eigenvalue weighted by molar-refractivity contribution is 7.99. The summed E-state index contributed by atoms with van der Waals surface area (Å²) >= 11 is 7.63. The van der Waals surface area contributed by atoms with Crippen molar-refractivity contribution in [1.29, 1.82) is 0 Å². The van der Waals surface area contributed by atoms with E-state index in [0.717, 1.165) is 11.3 Å². The summed E-state index contributed by atoms with van der Waals surface area (Å²) in [4.78, 5) is 2.53. The van der Waals surface area contributed by atoms with Crippen LogP contribution in [0.2, 0.25) is 0 Å². The van der Waals surface area contributed by atoms with Gasteiger partial charge in [0.05, 0.1) is 11.4 Å². The fourth-order valence-corrected chi connectivity index (χ4v) is 2.90. The van der Waals surface area contributed by atoms with Crippen molar-refractivity contribution < 1.29 is 0 Å². The SMILES string of the molecule is ClCc1ccc2c(c1)Nc1ccccc1S2. The Hall–Kier alpha value is -1.12. The minimum Gasteiger partial charge on any atom is -0.354 e. The van der Waals surface area contributed by atoms with Crippen LogP contribution in [0.3, 0.4) is 0 Å². The van der Waals surface area contributed by atoms with Gasteiger partial charge in [0.25, 0.3) is 0 Å². The van der Waals surface area contributed by atoms with E-state index in [0.29, 0.717) is 5.88 Å². The molecule has 2 aromatic rings. The first-order valence-electron chi connectivity index (χ1n) is 5.09. The predicted octanol–water partition coefficient (Wildman–Crippen LogP) is 4.63. The van der Waals surface area contributed by atoms with Gasteiger partial charge in [0.15, 0.2) is 0 Å². The van der Waals surface area contributed by atoms with Crippen molar-refractivity contribution in [3.63, 3.8) is 0 Å². The molecule has 1 aliphatic heterocycles. The van der Waals surface area contributed by atoms with Gasteiger partial charge < -0.3 is 5.32 Å². The van der Waals surface area contributed by atoms with Crippen molar-refractivity contribution in [3.05, 3.63) is 48.0 Å². The maximum atomic E-state index is 5.84. The second-order valence-electron chi connectivity index (χ2n) is 3.69. The lowest BCUT2D eigenvalue weighted by molar-refractivity contribution is 1.28. The molecule has 0 aromatic heterocycles. The molecule has 1 heterocycles. The summed E-state index contributed by atoms with van der Waals surface area (Å²) < 4.78 is 0. The minimum atomic E-state index is 0.557. The topological polar surface area (TPSA) is 12.0 Å². The molecule has 0 saturated carbocycles. The van der Waals surface area contributed by atoms with Crippen molar-refractivity contribution in [2.75, 3.05) is 5.32 Å². The normalized spacial score (nSPS) is 12.6. The molecule has 0 fully saturated rings. The number of rotatable bonds is 1. The van der Waals surface area contributed by atoms with Crippen molar-refractivity contribution >= 4 is 34.7 Å². The van der Waals surface area contributed by atoms with Gasteiger partial charge >= 0.3 is 0 Å². The Morgan fingerprint density at radius 2 is 1.81 bits per heavy atom. The zero-order valence-corrected chi connectivity index (χ0v) is 10.1. The molecular weight excluding hydrogens is 238 g/mol. The number of alkyl halides is 1.